The van der Waals surface area contributed by atoms with Crippen LogP contribution in [0.5, 0.6) is 0 Å². The molecule has 0 N–H and O–H groups in total. The van der Waals surface area contributed by atoms with Crippen LogP contribution in [0.4, 0.5) is 13.2 Å². The Kier molecular flexibility index (Phi) is 2.26. The van der Waals surface area contributed by atoms with E-state index >= 15 is 0 Å². The summed E-state index contributed by atoms with van der Waals surface area (Å²) < 4.78 is 41.2. The Morgan fingerprint density at radius 1 is 1.31 bits per heavy atom. The molecule has 16 heavy (non-hydrogen) atoms. The second kappa shape index (κ2) is 3.47. The molecule has 0 spiro atoms. The van der Waals surface area contributed by atoms with E-state index in [0.29, 0.717) is 0 Å². The predicted octanol–water partition coefficient (Wildman–Crippen LogP) is 1.24. The fourth-order valence-corrected chi connectivity index (χ4v) is 1.02. The summed E-state index contributed by atoms with van der Waals surface area (Å²) in [5, 5.41) is 3.07. The van der Waals surface area contributed by atoms with Crippen LogP contribution in [0.2, 0.25) is 0 Å². The SMILES string of the molecule is O=c1ccccn1-c1noc(C(F)(F)F)n1. The number of halogens is 3. The third kappa shape index (κ3) is 1.81. The third-order valence-electron chi connectivity index (χ3n) is 1.70. The molecule has 0 atom stereocenters. The quantitative estimate of drug-likeness (QED) is 0.740. The van der Waals surface area contributed by atoms with Gasteiger partial charge in [0.1, 0.15) is 0 Å². The molecule has 2 aromatic rings. The van der Waals surface area contributed by atoms with Crippen LogP contribution < -0.4 is 5.56 Å². The first-order valence-corrected chi connectivity index (χ1v) is 4.07. The molecule has 0 aliphatic carbocycles. The van der Waals surface area contributed by atoms with Gasteiger partial charge in [-0.25, -0.2) is 4.57 Å². The zero-order valence-corrected chi connectivity index (χ0v) is 7.60. The highest BCUT2D eigenvalue weighted by atomic mass is 19.4. The number of aromatic nitrogens is 3. The molecule has 2 heterocycles. The number of pyridine rings is 1. The largest absolute Gasteiger partial charge is 0.471 e. The molecule has 0 amide bonds. The molecule has 8 heteroatoms. The second-order valence-electron chi connectivity index (χ2n) is 2.81. The summed E-state index contributed by atoms with van der Waals surface area (Å²) in [7, 11) is 0. The van der Waals surface area contributed by atoms with Crippen LogP contribution in [-0.4, -0.2) is 14.7 Å². The van der Waals surface area contributed by atoms with Crippen molar-refractivity contribution in [2.75, 3.05) is 0 Å². The summed E-state index contributed by atoms with van der Waals surface area (Å²) in [5.74, 6) is -1.93. The van der Waals surface area contributed by atoms with Gasteiger partial charge >= 0.3 is 12.1 Å². The molecule has 0 aliphatic heterocycles. The van der Waals surface area contributed by atoms with Crippen LogP contribution >= 0.6 is 0 Å². The molecule has 0 aromatic carbocycles. The molecule has 0 unspecified atom stereocenters. The lowest BCUT2D eigenvalue weighted by molar-refractivity contribution is -0.159. The van der Waals surface area contributed by atoms with Gasteiger partial charge in [0.2, 0.25) is 0 Å². The highest BCUT2D eigenvalue weighted by Crippen LogP contribution is 2.27. The first-order valence-electron chi connectivity index (χ1n) is 4.07. The molecule has 0 saturated carbocycles. The summed E-state index contributed by atoms with van der Waals surface area (Å²) >= 11 is 0. The van der Waals surface area contributed by atoms with E-state index in [-0.39, 0.29) is 0 Å². The molecule has 0 aliphatic rings. The summed E-state index contributed by atoms with van der Waals surface area (Å²) in [5.41, 5.74) is -0.544. The Labute approximate surface area is 86.1 Å². The highest BCUT2D eigenvalue weighted by Gasteiger charge is 2.38. The van der Waals surface area contributed by atoms with Crippen molar-refractivity contribution >= 4 is 0 Å². The minimum absolute atomic E-state index is 0.446. The number of nitrogens with zero attached hydrogens (tertiary/aromatic N) is 3. The van der Waals surface area contributed by atoms with Crippen LogP contribution in [0.15, 0.2) is 33.7 Å². The van der Waals surface area contributed by atoms with Crippen molar-refractivity contribution in [2.24, 2.45) is 0 Å². The van der Waals surface area contributed by atoms with Crippen LogP contribution in [0, 0.1) is 0 Å². The van der Waals surface area contributed by atoms with Gasteiger partial charge in [0, 0.05) is 12.3 Å². The Balaban J connectivity index is 2.48. The molecule has 5 nitrogen and oxygen atoms in total. The lowest BCUT2D eigenvalue weighted by atomic mass is 10.5. The molecule has 2 aromatic heterocycles. The maximum Gasteiger partial charge on any atom is 0.471 e. The Morgan fingerprint density at radius 2 is 2.06 bits per heavy atom. The first-order chi connectivity index (χ1) is 7.48. The lowest BCUT2D eigenvalue weighted by Gasteiger charge is -1.97. The van der Waals surface area contributed by atoms with Crippen LogP contribution in [-0.2, 0) is 6.18 Å². The monoisotopic (exact) mass is 231 g/mol. The zero-order chi connectivity index (χ0) is 11.8. The number of hydrogen-bond donors (Lipinski definition) is 0. The maximum atomic E-state index is 12.1. The average Bonchev–Trinajstić information content (AvgIpc) is 2.66. The zero-order valence-electron chi connectivity index (χ0n) is 7.60. The normalized spacial score (nSPS) is 11.7. The Morgan fingerprint density at radius 3 is 2.62 bits per heavy atom. The van der Waals surface area contributed by atoms with Gasteiger partial charge in [-0.15, -0.1) is 0 Å². The molecule has 0 fully saturated rings. The van der Waals surface area contributed by atoms with Gasteiger partial charge in [-0.1, -0.05) is 6.07 Å². The van der Waals surface area contributed by atoms with Crippen LogP contribution in [0.25, 0.3) is 5.95 Å². The number of alkyl halides is 3. The van der Waals surface area contributed by atoms with E-state index in [1.165, 1.54) is 24.4 Å². The van der Waals surface area contributed by atoms with E-state index in [2.05, 4.69) is 14.7 Å². The first kappa shape index (κ1) is 10.4. The standard InChI is InChI=1S/C8H4F3N3O2/c9-8(10,11)6-12-7(13-16-6)14-4-2-1-3-5(14)15/h1-4H. The van der Waals surface area contributed by atoms with Crippen molar-refractivity contribution in [2.45, 2.75) is 6.18 Å². The van der Waals surface area contributed by atoms with E-state index < -0.39 is 23.6 Å². The van der Waals surface area contributed by atoms with Crippen molar-refractivity contribution in [3.05, 3.63) is 40.6 Å². The van der Waals surface area contributed by atoms with Crippen molar-refractivity contribution in [3.8, 4) is 5.95 Å². The van der Waals surface area contributed by atoms with E-state index in [9.17, 15) is 18.0 Å². The van der Waals surface area contributed by atoms with E-state index in [1.807, 2.05) is 0 Å². The van der Waals surface area contributed by atoms with Crippen LogP contribution in [0.1, 0.15) is 5.89 Å². The van der Waals surface area contributed by atoms with Gasteiger partial charge in [-0.3, -0.25) is 4.79 Å². The summed E-state index contributed by atoms with van der Waals surface area (Å²) in [6, 6.07) is 4.08. The summed E-state index contributed by atoms with van der Waals surface area (Å²) in [6.07, 6.45) is -3.48. The minimum atomic E-state index is -4.72. The Hall–Kier alpha value is -2.12. The number of hydrogen-bond acceptors (Lipinski definition) is 4. The minimum Gasteiger partial charge on any atom is -0.327 e. The predicted molar refractivity (Wildman–Crippen MR) is 44.9 cm³/mol. The maximum absolute atomic E-state index is 12.1. The van der Waals surface area contributed by atoms with Crippen molar-refractivity contribution in [1.29, 1.82) is 0 Å². The third-order valence-corrected chi connectivity index (χ3v) is 1.70. The summed E-state index contributed by atoms with van der Waals surface area (Å²) in [4.78, 5) is 14.3. The van der Waals surface area contributed by atoms with E-state index in [1.54, 1.807) is 0 Å². The van der Waals surface area contributed by atoms with Crippen LogP contribution in [0.3, 0.4) is 0 Å². The van der Waals surface area contributed by atoms with Gasteiger partial charge in [0.05, 0.1) is 0 Å². The second-order valence-corrected chi connectivity index (χ2v) is 2.81. The molecular weight excluding hydrogens is 227 g/mol. The van der Waals surface area contributed by atoms with Gasteiger partial charge in [0.25, 0.3) is 11.5 Å². The number of rotatable bonds is 1. The van der Waals surface area contributed by atoms with Gasteiger partial charge in [-0.05, 0) is 11.2 Å². The van der Waals surface area contributed by atoms with E-state index in [4.69, 9.17) is 0 Å². The lowest BCUT2D eigenvalue weighted by Crippen LogP contribution is -2.17. The molecule has 2 rings (SSSR count). The van der Waals surface area contributed by atoms with Gasteiger partial charge in [0.15, 0.2) is 0 Å². The fraction of sp³-hybridized carbons (Fsp3) is 0.125. The topological polar surface area (TPSA) is 60.9 Å². The molecule has 0 saturated heterocycles. The van der Waals surface area contributed by atoms with Gasteiger partial charge in [-0.2, -0.15) is 18.2 Å². The van der Waals surface area contributed by atoms with Gasteiger partial charge < -0.3 is 4.52 Å². The van der Waals surface area contributed by atoms with Crippen molar-refractivity contribution < 1.29 is 17.7 Å². The molecule has 0 radical (unpaired) electrons. The van der Waals surface area contributed by atoms with E-state index in [0.717, 1.165) is 4.57 Å². The van der Waals surface area contributed by atoms with Crippen molar-refractivity contribution in [1.82, 2.24) is 14.7 Å². The fourth-order valence-electron chi connectivity index (χ4n) is 1.02. The highest BCUT2D eigenvalue weighted by molar-refractivity contribution is 5.11. The molecular formula is C8H4F3N3O2. The average molecular weight is 231 g/mol. The summed E-state index contributed by atoms with van der Waals surface area (Å²) in [6.45, 7) is 0. The molecule has 0 bridgehead atoms. The Bertz CT molecular complexity index is 558. The molecule has 84 valence electrons. The van der Waals surface area contributed by atoms with Crippen molar-refractivity contribution in [3.63, 3.8) is 0 Å². The smallest absolute Gasteiger partial charge is 0.327 e.